The Labute approximate surface area is 121 Å². The van der Waals surface area contributed by atoms with Crippen molar-refractivity contribution in [1.82, 2.24) is 24.5 Å². The van der Waals surface area contributed by atoms with Crippen molar-refractivity contribution in [3.05, 3.63) is 23.3 Å². The van der Waals surface area contributed by atoms with Crippen LogP contribution in [0.25, 0.3) is 5.78 Å². The van der Waals surface area contributed by atoms with Gasteiger partial charge in [0.05, 0.1) is 0 Å². The molecule has 0 fully saturated rings. The predicted octanol–water partition coefficient (Wildman–Crippen LogP) is 0.676. The molecule has 8 heteroatoms. The van der Waals surface area contributed by atoms with Crippen LogP contribution in [0.5, 0.6) is 0 Å². The summed E-state index contributed by atoms with van der Waals surface area (Å²) < 4.78 is 1.46. The van der Waals surface area contributed by atoms with Gasteiger partial charge in [0, 0.05) is 18.4 Å². The van der Waals surface area contributed by atoms with E-state index in [-0.39, 0.29) is 5.82 Å². The first-order valence-electron chi connectivity index (χ1n) is 6.37. The zero-order valence-electron chi connectivity index (χ0n) is 12.6. The van der Waals surface area contributed by atoms with E-state index in [4.69, 9.17) is 0 Å². The van der Waals surface area contributed by atoms with Gasteiger partial charge in [-0.05, 0) is 33.8 Å². The molecule has 0 spiro atoms. The van der Waals surface area contributed by atoms with E-state index >= 15 is 0 Å². The van der Waals surface area contributed by atoms with Crippen molar-refractivity contribution in [3.63, 3.8) is 0 Å². The second-order valence-corrected chi connectivity index (χ2v) is 5.41. The van der Waals surface area contributed by atoms with Crippen LogP contribution in [0.15, 0.2) is 6.07 Å². The monoisotopic (exact) mass is 291 g/mol. The normalized spacial score (nSPS) is 11.7. The lowest BCUT2D eigenvalue weighted by Crippen LogP contribution is -2.51. The van der Waals surface area contributed by atoms with Crippen LogP contribution in [-0.2, 0) is 4.79 Å². The zero-order chi connectivity index (χ0) is 15.9. The van der Waals surface area contributed by atoms with Crippen LogP contribution in [0.3, 0.4) is 0 Å². The summed E-state index contributed by atoms with van der Waals surface area (Å²) in [6, 6.07) is 1.82. The maximum Gasteiger partial charge on any atom is 0.329 e. The van der Waals surface area contributed by atoms with E-state index in [2.05, 4.69) is 15.1 Å². The van der Waals surface area contributed by atoms with E-state index in [1.54, 1.807) is 0 Å². The second kappa shape index (κ2) is 4.80. The average Bonchev–Trinajstić information content (AvgIpc) is 2.80. The number of aryl methyl sites for hydroxylation is 2. The smallest absolute Gasteiger partial charge is 0.329 e. The van der Waals surface area contributed by atoms with Crippen molar-refractivity contribution in [2.75, 3.05) is 7.05 Å². The highest BCUT2D eigenvalue weighted by atomic mass is 16.4. The Bertz CT molecular complexity index is 735. The van der Waals surface area contributed by atoms with Crippen LogP contribution in [0.1, 0.15) is 35.9 Å². The van der Waals surface area contributed by atoms with Gasteiger partial charge in [0.15, 0.2) is 0 Å². The predicted molar refractivity (Wildman–Crippen MR) is 74.1 cm³/mol. The second-order valence-electron chi connectivity index (χ2n) is 5.41. The van der Waals surface area contributed by atoms with Gasteiger partial charge in [-0.2, -0.15) is 4.98 Å². The first-order chi connectivity index (χ1) is 9.64. The maximum absolute atomic E-state index is 12.4. The Balaban J connectivity index is 2.45. The molecule has 2 aromatic heterocycles. The fourth-order valence-corrected chi connectivity index (χ4v) is 1.80. The zero-order valence-corrected chi connectivity index (χ0v) is 12.6. The molecular weight excluding hydrogens is 274 g/mol. The summed E-state index contributed by atoms with van der Waals surface area (Å²) in [6.45, 7) is 6.53. The number of aliphatic carboxylic acids is 1. The van der Waals surface area contributed by atoms with Gasteiger partial charge >= 0.3 is 5.97 Å². The average molecular weight is 291 g/mol. The van der Waals surface area contributed by atoms with Gasteiger partial charge in [0.2, 0.25) is 5.82 Å². The molecule has 1 amide bonds. The minimum absolute atomic E-state index is 0.0759. The summed E-state index contributed by atoms with van der Waals surface area (Å²) in [5, 5.41) is 13.3. The van der Waals surface area contributed by atoms with E-state index in [1.165, 1.54) is 25.4 Å². The quantitative estimate of drug-likeness (QED) is 0.892. The lowest BCUT2D eigenvalue weighted by Gasteiger charge is -2.30. The summed E-state index contributed by atoms with van der Waals surface area (Å²) in [4.78, 5) is 33.0. The fraction of sp³-hybridized carbons (Fsp3) is 0.462. The van der Waals surface area contributed by atoms with Gasteiger partial charge in [-0.3, -0.25) is 4.79 Å². The van der Waals surface area contributed by atoms with Crippen molar-refractivity contribution in [1.29, 1.82) is 0 Å². The Morgan fingerprint density at radius 2 is 1.90 bits per heavy atom. The molecule has 0 aliphatic carbocycles. The Morgan fingerprint density at radius 3 is 2.48 bits per heavy atom. The van der Waals surface area contributed by atoms with Crippen LogP contribution >= 0.6 is 0 Å². The Kier molecular flexibility index (Phi) is 3.40. The number of hydrogen-bond donors (Lipinski definition) is 1. The molecule has 2 aromatic rings. The standard InChI is InChI=1S/C13H17N5O3/c1-7-6-8(2)18-12(14-7)15-9(16-18)10(19)17(5)13(3,4)11(20)21/h6H,1-5H3,(H,20,21). The number of nitrogens with zero attached hydrogens (tertiary/aromatic N) is 5. The van der Waals surface area contributed by atoms with Gasteiger partial charge in [-0.25, -0.2) is 14.3 Å². The number of carbonyl (C=O) groups excluding carboxylic acids is 1. The van der Waals surface area contributed by atoms with Crippen LogP contribution < -0.4 is 0 Å². The van der Waals surface area contributed by atoms with Gasteiger partial charge in [0.25, 0.3) is 11.7 Å². The van der Waals surface area contributed by atoms with E-state index in [0.29, 0.717) is 5.78 Å². The molecule has 112 valence electrons. The number of fused-ring (bicyclic) bond motifs is 1. The molecule has 0 aliphatic rings. The largest absolute Gasteiger partial charge is 0.480 e. The molecule has 0 aliphatic heterocycles. The summed E-state index contributed by atoms with van der Waals surface area (Å²) in [5.74, 6) is -1.43. The van der Waals surface area contributed by atoms with Crippen molar-refractivity contribution in [2.45, 2.75) is 33.2 Å². The minimum Gasteiger partial charge on any atom is -0.480 e. The van der Waals surface area contributed by atoms with Crippen molar-refractivity contribution in [3.8, 4) is 0 Å². The number of hydrogen-bond acceptors (Lipinski definition) is 5. The van der Waals surface area contributed by atoms with Crippen LogP contribution in [-0.4, -0.2) is 54.1 Å². The number of carbonyl (C=O) groups is 2. The van der Waals surface area contributed by atoms with E-state index < -0.39 is 17.4 Å². The maximum atomic E-state index is 12.4. The lowest BCUT2D eigenvalue weighted by atomic mass is 10.0. The molecule has 21 heavy (non-hydrogen) atoms. The van der Waals surface area contributed by atoms with Gasteiger partial charge in [-0.15, -0.1) is 5.10 Å². The molecule has 0 aromatic carbocycles. The molecule has 2 heterocycles. The number of aromatic nitrogens is 4. The number of likely N-dealkylation sites (N-methyl/N-ethyl adjacent to an activating group) is 1. The van der Waals surface area contributed by atoms with Crippen LogP contribution in [0.2, 0.25) is 0 Å². The number of amides is 1. The molecule has 0 saturated carbocycles. The third kappa shape index (κ3) is 2.44. The molecule has 0 unspecified atom stereocenters. The molecular formula is C13H17N5O3. The Morgan fingerprint density at radius 1 is 1.29 bits per heavy atom. The summed E-state index contributed by atoms with van der Waals surface area (Å²) >= 11 is 0. The number of carboxylic acid groups (broad SMARTS) is 1. The van der Waals surface area contributed by atoms with Crippen LogP contribution in [0.4, 0.5) is 0 Å². The van der Waals surface area contributed by atoms with Gasteiger partial charge in [-0.1, -0.05) is 0 Å². The van der Waals surface area contributed by atoms with Crippen molar-refractivity contribution < 1.29 is 14.7 Å². The Hall–Kier alpha value is -2.51. The molecule has 0 atom stereocenters. The summed E-state index contributed by atoms with van der Waals surface area (Å²) in [5.41, 5.74) is 0.210. The summed E-state index contributed by atoms with van der Waals surface area (Å²) in [7, 11) is 1.41. The number of carboxylic acids is 1. The molecule has 1 N–H and O–H groups in total. The van der Waals surface area contributed by atoms with E-state index in [1.807, 2.05) is 19.9 Å². The first kappa shape index (κ1) is 14.9. The van der Waals surface area contributed by atoms with E-state index in [0.717, 1.165) is 16.3 Å². The van der Waals surface area contributed by atoms with Gasteiger partial charge in [0.1, 0.15) is 5.54 Å². The lowest BCUT2D eigenvalue weighted by molar-refractivity contribution is -0.147. The highest BCUT2D eigenvalue weighted by Gasteiger charge is 2.37. The third-order valence-electron chi connectivity index (χ3n) is 3.48. The topological polar surface area (TPSA) is 101 Å². The molecule has 0 radical (unpaired) electrons. The molecule has 0 bridgehead atoms. The van der Waals surface area contributed by atoms with Gasteiger partial charge < -0.3 is 10.0 Å². The van der Waals surface area contributed by atoms with Crippen LogP contribution in [0, 0.1) is 13.8 Å². The highest BCUT2D eigenvalue weighted by Crippen LogP contribution is 2.15. The van der Waals surface area contributed by atoms with E-state index in [9.17, 15) is 14.7 Å². The highest BCUT2D eigenvalue weighted by molar-refractivity contribution is 5.94. The number of rotatable bonds is 3. The minimum atomic E-state index is -1.35. The molecule has 8 nitrogen and oxygen atoms in total. The van der Waals surface area contributed by atoms with Crippen molar-refractivity contribution >= 4 is 17.7 Å². The first-order valence-corrected chi connectivity index (χ1v) is 6.37. The third-order valence-corrected chi connectivity index (χ3v) is 3.48. The fourth-order valence-electron chi connectivity index (χ4n) is 1.80. The summed E-state index contributed by atoms with van der Waals surface area (Å²) in [6.07, 6.45) is 0. The SMILES string of the molecule is Cc1cc(C)n2nc(C(=O)N(C)C(C)(C)C(=O)O)nc2n1. The molecule has 2 rings (SSSR count). The molecule has 0 saturated heterocycles. The van der Waals surface area contributed by atoms with Crippen molar-refractivity contribution in [2.24, 2.45) is 0 Å².